The van der Waals surface area contributed by atoms with Crippen LogP contribution in [0.1, 0.15) is 77.3 Å². The topological polar surface area (TPSA) is 163 Å². The molecule has 0 fully saturated rings. The van der Waals surface area contributed by atoms with Crippen LogP contribution in [0.5, 0.6) is 23.0 Å². The van der Waals surface area contributed by atoms with Crippen LogP contribution < -0.4 is 14.2 Å². The standard InChI is InChI=1S/C57H80O16/c1-3-4-5-6-7-8-9-49-12-20-53(21-13-49)69-44-42-67-40-38-65-36-34-63-32-30-61-28-26-60-27-29-62-31-33-64-35-37-66-39-41-68-43-45-71-56(58)50-14-22-54(23-15-50)73-55-24-16-51(17-25-55)57(59)72-47-46-70-52-18-10-48(2)11-19-52/h10-25H,3-9,26-47H2,1-2H3. The van der Waals surface area contributed by atoms with E-state index in [9.17, 15) is 9.59 Å². The molecule has 0 aromatic heterocycles. The molecule has 0 unspecified atom stereocenters. The summed E-state index contributed by atoms with van der Waals surface area (Å²) in [6, 6.07) is 29.2. The third-order valence-corrected chi connectivity index (χ3v) is 10.7. The first-order valence-electron chi connectivity index (χ1n) is 25.8. The van der Waals surface area contributed by atoms with Gasteiger partial charge in [0.25, 0.3) is 0 Å². The number of carbonyl (C=O) groups is 2. The lowest BCUT2D eigenvalue weighted by Crippen LogP contribution is -2.15. The maximum Gasteiger partial charge on any atom is 0.338 e. The van der Waals surface area contributed by atoms with Gasteiger partial charge in [0.2, 0.25) is 0 Å². The van der Waals surface area contributed by atoms with E-state index in [0.29, 0.717) is 142 Å². The summed E-state index contributed by atoms with van der Waals surface area (Å²) < 4.78 is 77.7. The first kappa shape index (κ1) is 60.4. The van der Waals surface area contributed by atoms with E-state index >= 15 is 0 Å². The van der Waals surface area contributed by atoms with Crippen molar-refractivity contribution in [1.82, 2.24) is 0 Å². The zero-order valence-electron chi connectivity index (χ0n) is 43.3. The van der Waals surface area contributed by atoms with E-state index in [-0.39, 0.29) is 26.4 Å². The molecule has 0 amide bonds. The first-order chi connectivity index (χ1) is 36.0. The number of unbranched alkanes of at least 4 members (excludes halogenated alkanes) is 5. The van der Waals surface area contributed by atoms with Crippen LogP contribution >= 0.6 is 0 Å². The van der Waals surface area contributed by atoms with Crippen LogP contribution in [0.25, 0.3) is 0 Å². The fourth-order valence-corrected chi connectivity index (χ4v) is 6.68. The molecular weight excluding hydrogens is 941 g/mol. The van der Waals surface area contributed by atoms with Crippen molar-refractivity contribution in [2.75, 3.05) is 145 Å². The van der Waals surface area contributed by atoms with E-state index < -0.39 is 11.9 Å². The number of ether oxygens (including phenoxy) is 14. The van der Waals surface area contributed by atoms with Crippen LogP contribution in [0.15, 0.2) is 97.1 Å². The second-order valence-electron chi connectivity index (χ2n) is 16.6. The number of rotatable bonds is 46. The van der Waals surface area contributed by atoms with Crippen molar-refractivity contribution in [3.05, 3.63) is 119 Å². The fourth-order valence-electron chi connectivity index (χ4n) is 6.68. The normalized spacial score (nSPS) is 11.2. The Morgan fingerprint density at radius 3 is 1.03 bits per heavy atom. The minimum absolute atomic E-state index is 0.103. The number of aryl methyl sites for hydroxylation is 2. The SMILES string of the molecule is CCCCCCCCc1ccc(OCCOCCOCCOCCOCCOCCOCCOCCOCCOCCOC(=O)c2ccc(Oc3ccc(C(=O)OCCOc4ccc(C)cc4)cc3)cc2)cc1. The minimum Gasteiger partial charge on any atom is -0.491 e. The fraction of sp³-hybridized carbons (Fsp3) is 0.544. The van der Waals surface area contributed by atoms with Gasteiger partial charge in [0.05, 0.1) is 130 Å². The van der Waals surface area contributed by atoms with Gasteiger partial charge in [-0.15, -0.1) is 0 Å². The average Bonchev–Trinajstić information content (AvgIpc) is 3.41. The summed E-state index contributed by atoms with van der Waals surface area (Å²) in [5, 5.41) is 0. The van der Waals surface area contributed by atoms with Gasteiger partial charge >= 0.3 is 11.9 Å². The lowest BCUT2D eigenvalue weighted by Gasteiger charge is -2.10. The Bertz CT molecular complexity index is 1940. The van der Waals surface area contributed by atoms with E-state index in [4.69, 9.17) is 66.3 Å². The van der Waals surface area contributed by atoms with Crippen molar-refractivity contribution >= 4 is 11.9 Å². The van der Waals surface area contributed by atoms with Crippen molar-refractivity contribution < 1.29 is 75.9 Å². The smallest absolute Gasteiger partial charge is 0.338 e. The van der Waals surface area contributed by atoms with Gasteiger partial charge in [0.1, 0.15) is 49.4 Å². The number of carbonyl (C=O) groups excluding carboxylic acids is 2. The predicted octanol–water partition coefficient (Wildman–Crippen LogP) is 9.31. The van der Waals surface area contributed by atoms with E-state index in [1.54, 1.807) is 48.5 Å². The van der Waals surface area contributed by atoms with Crippen LogP contribution in [0.3, 0.4) is 0 Å². The maximum absolute atomic E-state index is 12.5. The molecule has 0 bridgehead atoms. The van der Waals surface area contributed by atoms with Crippen LogP contribution in [0.4, 0.5) is 0 Å². The summed E-state index contributed by atoms with van der Waals surface area (Å²) in [6.45, 7) is 13.4. The lowest BCUT2D eigenvalue weighted by molar-refractivity contribution is -0.0262. The highest BCUT2D eigenvalue weighted by Crippen LogP contribution is 2.23. The molecule has 0 N–H and O–H groups in total. The highest BCUT2D eigenvalue weighted by molar-refractivity contribution is 5.90. The maximum atomic E-state index is 12.5. The van der Waals surface area contributed by atoms with E-state index in [1.165, 1.54) is 44.1 Å². The van der Waals surface area contributed by atoms with Gasteiger partial charge in [-0.1, -0.05) is 68.9 Å². The number of benzene rings is 4. The molecule has 4 aromatic carbocycles. The van der Waals surface area contributed by atoms with Crippen LogP contribution in [0.2, 0.25) is 0 Å². The van der Waals surface area contributed by atoms with E-state index in [1.807, 2.05) is 43.3 Å². The van der Waals surface area contributed by atoms with Gasteiger partial charge in [-0.05, 0) is 98.1 Å². The molecule has 0 saturated carbocycles. The Labute approximate surface area is 433 Å². The van der Waals surface area contributed by atoms with Crippen molar-refractivity contribution in [2.24, 2.45) is 0 Å². The molecule has 73 heavy (non-hydrogen) atoms. The van der Waals surface area contributed by atoms with Crippen molar-refractivity contribution in [1.29, 1.82) is 0 Å². The Morgan fingerprint density at radius 1 is 0.329 bits per heavy atom. The Kier molecular flexibility index (Phi) is 34.1. The monoisotopic (exact) mass is 1020 g/mol. The molecule has 4 rings (SSSR count). The highest BCUT2D eigenvalue weighted by Gasteiger charge is 2.10. The molecule has 16 nitrogen and oxygen atoms in total. The summed E-state index contributed by atoms with van der Waals surface area (Å²) in [5.41, 5.74) is 3.28. The summed E-state index contributed by atoms with van der Waals surface area (Å²) in [5.74, 6) is 1.70. The molecule has 0 spiro atoms. The number of esters is 2. The third-order valence-electron chi connectivity index (χ3n) is 10.7. The molecule has 0 saturated heterocycles. The van der Waals surface area contributed by atoms with Gasteiger partial charge < -0.3 is 66.3 Å². The van der Waals surface area contributed by atoms with E-state index in [0.717, 1.165) is 23.5 Å². The predicted molar refractivity (Wildman–Crippen MR) is 277 cm³/mol. The Hall–Kier alpha value is -5.14. The number of hydrogen-bond acceptors (Lipinski definition) is 16. The first-order valence-corrected chi connectivity index (χ1v) is 25.8. The van der Waals surface area contributed by atoms with Gasteiger partial charge in [0.15, 0.2) is 0 Å². The summed E-state index contributed by atoms with van der Waals surface area (Å²) in [6.07, 6.45) is 9.02. The second kappa shape index (κ2) is 41.2. The molecular formula is C57H80O16. The largest absolute Gasteiger partial charge is 0.491 e. The number of hydrogen-bond donors (Lipinski definition) is 0. The van der Waals surface area contributed by atoms with Gasteiger partial charge in [-0.2, -0.15) is 0 Å². The lowest BCUT2D eigenvalue weighted by atomic mass is 10.0. The molecule has 0 atom stereocenters. The molecule has 404 valence electrons. The third kappa shape index (κ3) is 30.6. The van der Waals surface area contributed by atoms with E-state index in [2.05, 4.69) is 19.1 Å². The Balaban J connectivity index is 0.814. The van der Waals surface area contributed by atoms with Crippen molar-refractivity contribution in [2.45, 2.75) is 58.8 Å². The Morgan fingerprint density at radius 2 is 0.630 bits per heavy atom. The quantitative estimate of drug-likeness (QED) is 0.0304. The summed E-state index contributed by atoms with van der Waals surface area (Å²) >= 11 is 0. The van der Waals surface area contributed by atoms with Crippen molar-refractivity contribution in [3.63, 3.8) is 0 Å². The molecule has 0 aliphatic rings. The zero-order valence-corrected chi connectivity index (χ0v) is 43.3. The average molecular weight is 1020 g/mol. The van der Waals surface area contributed by atoms with Crippen LogP contribution in [-0.2, 0) is 58.5 Å². The molecule has 4 aromatic rings. The minimum atomic E-state index is -0.472. The molecule has 0 heterocycles. The molecule has 16 heteroatoms. The summed E-state index contributed by atoms with van der Waals surface area (Å²) in [7, 11) is 0. The molecule has 0 aliphatic carbocycles. The van der Waals surface area contributed by atoms with Gasteiger partial charge in [0, 0.05) is 0 Å². The summed E-state index contributed by atoms with van der Waals surface area (Å²) in [4.78, 5) is 24.9. The highest BCUT2D eigenvalue weighted by atomic mass is 16.6. The van der Waals surface area contributed by atoms with Crippen molar-refractivity contribution in [3.8, 4) is 23.0 Å². The van der Waals surface area contributed by atoms with Crippen LogP contribution in [-0.4, -0.2) is 157 Å². The van der Waals surface area contributed by atoms with Crippen LogP contribution in [0, 0.1) is 6.92 Å². The molecule has 0 aliphatic heterocycles. The second-order valence-corrected chi connectivity index (χ2v) is 16.6. The van der Waals surface area contributed by atoms with Gasteiger partial charge in [-0.3, -0.25) is 0 Å². The van der Waals surface area contributed by atoms with Gasteiger partial charge in [-0.25, -0.2) is 9.59 Å². The molecule has 0 radical (unpaired) electrons. The zero-order chi connectivity index (χ0) is 51.5.